The minimum atomic E-state index is -5.08. The minimum Gasteiger partial charge on any atom is -0.475 e. The van der Waals surface area contributed by atoms with E-state index in [1.165, 1.54) is 0 Å². The fourth-order valence-electron chi connectivity index (χ4n) is 1.69. The Kier molecular flexibility index (Phi) is 8.58. The van der Waals surface area contributed by atoms with Crippen LogP contribution in [0, 0.1) is 0 Å². The number of nitrogens with one attached hydrogen (secondary N) is 2. The molecule has 0 aliphatic heterocycles. The number of rotatable bonds is 7. The third-order valence-corrected chi connectivity index (χ3v) is 3.16. The van der Waals surface area contributed by atoms with E-state index >= 15 is 0 Å². The average molecular weight is 400 g/mol. The van der Waals surface area contributed by atoms with Crippen molar-refractivity contribution in [1.82, 2.24) is 15.5 Å². The molecule has 146 valence electrons. The number of alkyl halides is 3. The predicted octanol–water partition coefficient (Wildman–Crippen LogP) is 1.79. The fourth-order valence-corrected chi connectivity index (χ4v) is 1.84. The van der Waals surface area contributed by atoms with Crippen LogP contribution in [0.3, 0.4) is 0 Å². The first-order chi connectivity index (χ1) is 12.1. The Morgan fingerprint density at radius 2 is 2.08 bits per heavy atom. The molecule has 2 heterocycles. The molecule has 0 aromatic carbocycles. The molecule has 5 N–H and O–H groups in total. The van der Waals surface area contributed by atoms with Crippen LogP contribution < -0.4 is 5.32 Å². The van der Waals surface area contributed by atoms with Crippen molar-refractivity contribution >= 4 is 17.6 Å². The van der Waals surface area contributed by atoms with E-state index in [0.717, 1.165) is 11.3 Å². The van der Waals surface area contributed by atoms with Crippen molar-refractivity contribution in [2.45, 2.75) is 25.2 Å². The standard InChI is InChI=1S/C12H16ClN3O3.C2HF3O2/c13-11-2-1-10(19-11)12-8(6-15-16-12)5-14-4-3-9(18)7-17;3-2(4,5)1(6)7/h1-2,6,9,14,17-18H,3-5,7H2,(H,15,16);(H,6,7)/t9-;/m1./s1. The van der Waals surface area contributed by atoms with Crippen molar-refractivity contribution in [3.05, 3.63) is 29.1 Å². The Labute approximate surface area is 150 Å². The second kappa shape index (κ2) is 10.2. The van der Waals surface area contributed by atoms with Crippen LogP contribution in [0.2, 0.25) is 5.22 Å². The predicted molar refractivity (Wildman–Crippen MR) is 84.4 cm³/mol. The lowest BCUT2D eigenvalue weighted by Crippen LogP contribution is -2.22. The van der Waals surface area contributed by atoms with Crippen LogP contribution in [-0.2, 0) is 11.3 Å². The molecule has 2 aromatic heterocycles. The maximum absolute atomic E-state index is 10.6. The molecule has 1 atom stereocenters. The molecule has 0 aliphatic rings. The molecule has 0 radical (unpaired) electrons. The zero-order valence-corrected chi connectivity index (χ0v) is 14.0. The summed E-state index contributed by atoms with van der Waals surface area (Å²) in [6, 6.07) is 3.45. The van der Waals surface area contributed by atoms with Gasteiger partial charge in [-0.25, -0.2) is 4.79 Å². The van der Waals surface area contributed by atoms with E-state index in [0.29, 0.717) is 30.5 Å². The van der Waals surface area contributed by atoms with Crippen LogP contribution in [0.15, 0.2) is 22.7 Å². The summed E-state index contributed by atoms with van der Waals surface area (Å²) in [6.07, 6.45) is -3.56. The summed E-state index contributed by atoms with van der Waals surface area (Å²) in [5.74, 6) is -2.12. The van der Waals surface area contributed by atoms with Crippen molar-refractivity contribution in [3.63, 3.8) is 0 Å². The molecule has 0 saturated carbocycles. The first kappa shape index (κ1) is 22.0. The van der Waals surface area contributed by atoms with Crippen molar-refractivity contribution in [2.75, 3.05) is 13.2 Å². The molecule has 0 fully saturated rings. The van der Waals surface area contributed by atoms with Gasteiger partial charge in [0.25, 0.3) is 0 Å². The van der Waals surface area contributed by atoms with Gasteiger partial charge >= 0.3 is 12.1 Å². The zero-order valence-electron chi connectivity index (χ0n) is 13.3. The number of carboxylic acid groups (broad SMARTS) is 1. The van der Waals surface area contributed by atoms with Crippen molar-refractivity contribution in [2.24, 2.45) is 0 Å². The van der Waals surface area contributed by atoms with E-state index in [1.54, 1.807) is 18.3 Å². The Morgan fingerprint density at radius 1 is 1.42 bits per heavy atom. The highest BCUT2D eigenvalue weighted by Gasteiger charge is 2.38. The highest BCUT2D eigenvalue weighted by atomic mass is 35.5. The smallest absolute Gasteiger partial charge is 0.475 e. The van der Waals surface area contributed by atoms with Crippen LogP contribution in [0.4, 0.5) is 13.2 Å². The number of nitrogens with zero attached hydrogens (tertiary/aromatic N) is 1. The summed E-state index contributed by atoms with van der Waals surface area (Å²) in [7, 11) is 0. The Hall–Kier alpha value is -2.08. The van der Waals surface area contributed by atoms with Gasteiger partial charge in [-0.2, -0.15) is 18.3 Å². The summed E-state index contributed by atoms with van der Waals surface area (Å²) in [5, 5.41) is 35.4. The molecule has 12 heteroatoms. The van der Waals surface area contributed by atoms with Crippen LogP contribution >= 0.6 is 11.6 Å². The molecule has 8 nitrogen and oxygen atoms in total. The lowest BCUT2D eigenvalue weighted by molar-refractivity contribution is -0.192. The van der Waals surface area contributed by atoms with E-state index in [4.69, 9.17) is 31.0 Å². The number of carbonyl (C=O) groups is 1. The lowest BCUT2D eigenvalue weighted by atomic mass is 10.2. The van der Waals surface area contributed by atoms with Gasteiger partial charge in [0.05, 0.1) is 18.9 Å². The normalized spacial score (nSPS) is 12.4. The number of halogens is 4. The van der Waals surface area contributed by atoms with Gasteiger partial charge in [0.1, 0.15) is 5.69 Å². The van der Waals surface area contributed by atoms with Gasteiger partial charge in [0.2, 0.25) is 0 Å². The monoisotopic (exact) mass is 399 g/mol. The highest BCUT2D eigenvalue weighted by Crippen LogP contribution is 2.25. The van der Waals surface area contributed by atoms with E-state index in [-0.39, 0.29) is 6.61 Å². The number of H-pyrrole nitrogens is 1. The van der Waals surface area contributed by atoms with Crippen LogP contribution in [0.25, 0.3) is 11.5 Å². The van der Waals surface area contributed by atoms with Gasteiger partial charge in [-0.05, 0) is 36.7 Å². The molecule has 0 saturated heterocycles. The molecule has 26 heavy (non-hydrogen) atoms. The summed E-state index contributed by atoms with van der Waals surface area (Å²) in [6.45, 7) is 0.969. The van der Waals surface area contributed by atoms with Gasteiger partial charge < -0.3 is 25.1 Å². The van der Waals surface area contributed by atoms with Crippen molar-refractivity contribution < 1.29 is 37.7 Å². The molecule has 0 bridgehead atoms. The number of aliphatic hydroxyl groups excluding tert-OH is 2. The fraction of sp³-hybridized carbons (Fsp3) is 0.429. The maximum Gasteiger partial charge on any atom is 0.490 e. The van der Waals surface area contributed by atoms with Gasteiger partial charge in [0, 0.05) is 12.1 Å². The quantitative estimate of drug-likeness (QED) is 0.448. The molecule has 2 rings (SSSR count). The van der Waals surface area contributed by atoms with Crippen LogP contribution in [0.1, 0.15) is 12.0 Å². The van der Waals surface area contributed by atoms with E-state index < -0.39 is 18.2 Å². The van der Waals surface area contributed by atoms with Gasteiger partial charge in [-0.3, -0.25) is 5.10 Å². The maximum atomic E-state index is 10.6. The summed E-state index contributed by atoms with van der Waals surface area (Å²) in [5.41, 5.74) is 1.73. The molecule has 0 spiro atoms. The number of aromatic amines is 1. The van der Waals surface area contributed by atoms with E-state index in [2.05, 4.69) is 15.5 Å². The Bertz CT molecular complexity index is 689. The summed E-state index contributed by atoms with van der Waals surface area (Å²) in [4.78, 5) is 8.90. The minimum absolute atomic E-state index is 0.219. The lowest BCUT2D eigenvalue weighted by Gasteiger charge is -2.07. The summed E-state index contributed by atoms with van der Waals surface area (Å²) >= 11 is 5.74. The average Bonchev–Trinajstić information content (AvgIpc) is 3.19. The van der Waals surface area contributed by atoms with Crippen molar-refractivity contribution in [3.8, 4) is 11.5 Å². The van der Waals surface area contributed by atoms with Gasteiger partial charge in [-0.15, -0.1) is 0 Å². The van der Waals surface area contributed by atoms with E-state index in [1.807, 2.05) is 0 Å². The largest absolute Gasteiger partial charge is 0.490 e. The second-order valence-electron chi connectivity index (χ2n) is 4.98. The van der Waals surface area contributed by atoms with Crippen molar-refractivity contribution in [1.29, 1.82) is 0 Å². The molecule has 0 amide bonds. The van der Waals surface area contributed by atoms with Gasteiger partial charge in [-0.1, -0.05) is 0 Å². The number of aromatic nitrogens is 2. The number of aliphatic hydroxyl groups is 2. The number of carboxylic acids is 1. The third kappa shape index (κ3) is 7.44. The second-order valence-corrected chi connectivity index (χ2v) is 5.35. The number of furan rings is 1. The molecular formula is C14H17ClF3N3O5. The van der Waals surface area contributed by atoms with E-state index in [9.17, 15) is 18.3 Å². The summed E-state index contributed by atoms with van der Waals surface area (Å²) < 4.78 is 37.1. The topological polar surface area (TPSA) is 132 Å². The highest BCUT2D eigenvalue weighted by molar-refractivity contribution is 6.28. The number of aliphatic carboxylic acids is 1. The Balaban J connectivity index is 0.000000412. The Morgan fingerprint density at radius 3 is 2.58 bits per heavy atom. The zero-order chi connectivity index (χ0) is 19.7. The van der Waals surface area contributed by atoms with Crippen LogP contribution in [0.5, 0.6) is 0 Å². The number of hydrogen-bond acceptors (Lipinski definition) is 6. The molecule has 0 unspecified atom stereocenters. The SMILES string of the molecule is O=C(O)C(F)(F)F.OC[C@H](O)CCNCc1cn[nH]c1-c1ccc(Cl)o1. The molecule has 2 aromatic rings. The molecule has 0 aliphatic carbocycles. The van der Waals surface area contributed by atoms with Gasteiger partial charge in [0.15, 0.2) is 11.0 Å². The number of hydrogen-bond donors (Lipinski definition) is 5. The molecular weight excluding hydrogens is 383 g/mol. The first-order valence-corrected chi connectivity index (χ1v) is 7.60. The third-order valence-electron chi connectivity index (χ3n) is 2.96. The first-order valence-electron chi connectivity index (χ1n) is 7.22. The van der Waals surface area contributed by atoms with Crippen LogP contribution in [-0.4, -0.2) is 56.9 Å².